The first kappa shape index (κ1) is 20.8. The Balaban J connectivity index is 1.32. The Morgan fingerprint density at radius 3 is 2.52 bits per heavy atom. The van der Waals surface area contributed by atoms with E-state index < -0.39 is 0 Å². The summed E-state index contributed by atoms with van der Waals surface area (Å²) in [6.45, 7) is 6.82. The molecule has 4 heteroatoms. The summed E-state index contributed by atoms with van der Waals surface area (Å²) in [5.74, 6) is 1.80. The quantitative estimate of drug-likeness (QED) is 0.263. The van der Waals surface area contributed by atoms with Gasteiger partial charge in [0.05, 0.1) is 11.3 Å². The fraction of sp³-hybridized carbons (Fsp3) is 0.630. The fourth-order valence-electron chi connectivity index (χ4n) is 7.59. The lowest BCUT2D eigenvalue weighted by Crippen LogP contribution is -2.50. The number of benzene rings is 1. The topological polar surface area (TPSA) is 58.9 Å². The van der Waals surface area contributed by atoms with Crippen LogP contribution in [0.4, 0.5) is 0 Å². The summed E-state index contributed by atoms with van der Waals surface area (Å²) in [5, 5.41) is 13.2. The second-order valence-corrected chi connectivity index (χ2v) is 10.9. The fourth-order valence-corrected chi connectivity index (χ4v) is 7.59. The van der Waals surface area contributed by atoms with E-state index >= 15 is 0 Å². The predicted molar refractivity (Wildman–Crippen MR) is 121 cm³/mol. The van der Waals surface area contributed by atoms with Crippen LogP contribution >= 0.6 is 0 Å². The van der Waals surface area contributed by atoms with Crippen LogP contribution in [0.5, 0.6) is 0 Å². The van der Waals surface area contributed by atoms with Gasteiger partial charge in [-0.2, -0.15) is 0 Å². The third-order valence-electron chi connectivity index (χ3n) is 9.48. The minimum Gasteiger partial charge on any atom is -0.458 e. The summed E-state index contributed by atoms with van der Waals surface area (Å²) in [6.07, 6.45) is 10.9. The van der Waals surface area contributed by atoms with Crippen LogP contribution in [0.2, 0.25) is 0 Å². The number of carbonyl (C=O) groups is 1. The van der Waals surface area contributed by atoms with Gasteiger partial charge in [0, 0.05) is 11.8 Å². The number of aryl methyl sites for hydroxylation is 1. The molecule has 166 valence electrons. The zero-order chi connectivity index (χ0) is 21.8. The molecule has 0 aromatic heterocycles. The van der Waals surface area contributed by atoms with Gasteiger partial charge in [-0.25, -0.2) is 4.79 Å². The lowest BCUT2D eigenvalue weighted by atomic mass is 9.48. The minimum atomic E-state index is -0.196. The summed E-state index contributed by atoms with van der Waals surface area (Å²) >= 11 is 0. The van der Waals surface area contributed by atoms with E-state index in [1.807, 2.05) is 31.2 Å². The first-order valence-corrected chi connectivity index (χ1v) is 12.0. The lowest BCUT2D eigenvalue weighted by Gasteiger charge is -2.57. The van der Waals surface area contributed by atoms with Gasteiger partial charge in [0.1, 0.15) is 6.10 Å². The predicted octanol–water partition coefficient (Wildman–Crippen LogP) is 6.31. The number of esters is 1. The third-order valence-corrected chi connectivity index (χ3v) is 9.48. The Kier molecular flexibility index (Phi) is 5.02. The standard InChI is InChI=1S/C27H35NO3/c1-17-4-6-18(7-5-17)25(29)31-20-12-14-26(2)19(16-20)8-9-21-22-10-11-24(28-30)27(22,3)15-13-23(21)26/h4-8,20-23,30H,9-16H2,1-3H3/t20?,21-,22-,23+,26-,27-/m0/s1. The Morgan fingerprint density at radius 2 is 1.77 bits per heavy atom. The number of hydrogen-bond donors (Lipinski definition) is 1. The normalized spacial score (nSPS) is 40.5. The number of carbonyl (C=O) groups excluding carboxylic acids is 1. The molecule has 1 aromatic carbocycles. The summed E-state index contributed by atoms with van der Waals surface area (Å²) in [4.78, 5) is 12.6. The highest BCUT2D eigenvalue weighted by molar-refractivity contribution is 5.92. The van der Waals surface area contributed by atoms with E-state index in [0.29, 0.717) is 23.3 Å². The van der Waals surface area contributed by atoms with Crippen molar-refractivity contribution >= 4 is 11.7 Å². The largest absolute Gasteiger partial charge is 0.458 e. The van der Waals surface area contributed by atoms with Crippen molar-refractivity contribution < 1.29 is 14.7 Å². The molecule has 4 nitrogen and oxygen atoms in total. The van der Waals surface area contributed by atoms with Crippen molar-refractivity contribution in [1.82, 2.24) is 0 Å². The Bertz CT molecular complexity index is 932. The van der Waals surface area contributed by atoms with Gasteiger partial charge in [-0.3, -0.25) is 0 Å². The Morgan fingerprint density at radius 1 is 1.06 bits per heavy atom. The number of oxime groups is 1. The zero-order valence-electron chi connectivity index (χ0n) is 19.1. The summed E-state index contributed by atoms with van der Waals surface area (Å²) < 4.78 is 5.94. The summed E-state index contributed by atoms with van der Waals surface area (Å²) in [6, 6.07) is 7.65. The van der Waals surface area contributed by atoms with Gasteiger partial charge in [0.15, 0.2) is 0 Å². The molecule has 0 saturated heterocycles. The van der Waals surface area contributed by atoms with Gasteiger partial charge in [-0.1, -0.05) is 48.3 Å². The molecule has 6 atom stereocenters. The monoisotopic (exact) mass is 421 g/mol. The molecule has 1 unspecified atom stereocenters. The first-order valence-electron chi connectivity index (χ1n) is 12.0. The van der Waals surface area contributed by atoms with E-state index in [0.717, 1.165) is 56.2 Å². The van der Waals surface area contributed by atoms with Crippen LogP contribution in [0, 0.1) is 35.5 Å². The second-order valence-electron chi connectivity index (χ2n) is 10.9. The van der Waals surface area contributed by atoms with Crippen LogP contribution in [0.3, 0.4) is 0 Å². The average molecular weight is 422 g/mol. The van der Waals surface area contributed by atoms with Crippen molar-refractivity contribution in [3.8, 4) is 0 Å². The molecule has 0 amide bonds. The molecule has 4 aliphatic carbocycles. The smallest absolute Gasteiger partial charge is 0.338 e. The van der Waals surface area contributed by atoms with Crippen LogP contribution in [0.25, 0.3) is 0 Å². The van der Waals surface area contributed by atoms with Crippen LogP contribution in [0.15, 0.2) is 41.1 Å². The number of hydrogen-bond acceptors (Lipinski definition) is 4. The minimum absolute atomic E-state index is 0.0156. The maximum Gasteiger partial charge on any atom is 0.338 e. The van der Waals surface area contributed by atoms with E-state index in [1.165, 1.54) is 12.0 Å². The van der Waals surface area contributed by atoms with Gasteiger partial charge < -0.3 is 9.94 Å². The molecule has 31 heavy (non-hydrogen) atoms. The number of rotatable bonds is 2. The Labute approximate surface area is 185 Å². The molecule has 0 heterocycles. The van der Waals surface area contributed by atoms with E-state index in [1.54, 1.807) is 0 Å². The maximum atomic E-state index is 12.6. The highest BCUT2D eigenvalue weighted by atomic mass is 16.5. The van der Waals surface area contributed by atoms with Crippen molar-refractivity contribution in [1.29, 1.82) is 0 Å². The first-order chi connectivity index (χ1) is 14.8. The molecule has 0 radical (unpaired) electrons. The molecule has 1 aromatic rings. The molecule has 5 rings (SSSR count). The molecule has 3 saturated carbocycles. The highest BCUT2D eigenvalue weighted by Gasteiger charge is 2.58. The lowest BCUT2D eigenvalue weighted by molar-refractivity contribution is -0.0287. The average Bonchev–Trinajstić information content (AvgIpc) is 3.10. The summed E-state index contributed by atoms with van der Waals surface area (Å²) in [7, 11) is 0. The highest BCUT2D eigenvalue weighted by Crippen LogP contribution is 2.64. The van der Waals surface area contributed by atoms with Gasteiger partial charge in [0.2, 0.25) is 0 Å². The number of ether oxygens (including phenoxy) is 1. The van der Waals surface area contributed by atoms with E-state index in [-0.39, 0.29) is 22.9 Å². The van der Waals surface area contributed by atoms with Crippen molar-refractivity contribution in [2.45, 2.75) is 78.2 Å². The van der Waals surface area contributed by atoms with Gasteiger partial charge in [0.25, 0.3) is 0 Å². The number of nitrogens with zero attached hydrogens (tertiary/aromatic N) is 1. The molecular formula is C27H35NO3. The molecule has 0 bridgehead atoms. The molecule has 0 spiro atoms. The van der Waals surface area contributed by atoms with E-state index in [9.17, 15) is 10.0 Å². The third kappa shape index (κ3) is 3.25. The second kappa shape index (κ2) is 7.50. The van der Waals surface area contributed by atoms with Crippen molar-refractivity contribution in [2.24, 2.45) is 33.7 Å². The molecular weight excluding hydrogens is 386 g/mol. The Hall–Kier alpha value is -2.10. The van der Waals surface area contributed by atoms with E-state index in [4.69, 9.17) is 4.74 Å². The van der Waals surface area contributed by atoms with Crippen LogP contribution in [-0.2, 0) is 4.74 Å². The van der Waals surface area contributed by atoms with Gasteiger partial charge >= 0.3 is 5.97 Å². The van der Waals surface area contributed by atoms with Crippen molar-refractivity contribution in [2.75, 3.05) is 0 Å². The van der Waals surface area contributed by atoms with Crippen LogP contribution in [0.1, 0.15) is 81.1 Å². The van der Waals surface area contributed by atoms with Crippen LogP contribution in [-0.4, -0.2) is 23.0 Å². The molecule has 1 N–H and O–H groups in total. The van der Waals surface area contributed by atoms with Gasteiger partial charge in [-0.15, -0.1) is 0 Å². The van der Waals surface area contributed by atoms with Crippen molar-refractivity contribution in [3.05, 3.63) is 47.0 Å². The molecule has 3 fully saturated rings. The van der Waals surface area contributed by atoms with Crippen molar-refractivity contribution in [3.63, 3.8) is 0 Å². The van der Waals surface area contributed by atoms with E-state index in [2.05, 4.69) is 25.1 Å². The number of fused-ring (bicyclic) bond motifs is 5. The molecule has 4 aliphatic rings. The number of allylic oxidation sites excluding steroid dienone is 1. The molecule has 0 aliphatic heterocycles. The van der Waals surface area contributed by atoms with Gasteiger partial charge in [-0.05, 0) is 87.2 Å². The zero-order valence-corrected chi connectivity index (χ0v) is 19.1. The SMILES string of the molecule is Cc1ccc(C(=O)OC2CC[C@@]3(C)C(=CC[C@@H]4[C@H]3CC[C@]3(C)C(=NO)CC[C@@H]43)C2)cc1. The summed E-state index contributed by atoms with van der Waals surface area (Å²) in [5.41, 5.74) is 4.64. The maximum absolute atomic E-state index is 12.6. The van der Waals surface area contributed by atoms with Crippen LogP contribution < -0.4 is 0 Å².